The normalized spacial score (nSPS) is 10.4. The highest BCUT2D eigenvalue weighted by Crippen LogP contribution is 2.21. The van der Waals surface area contributed by atoms with Crippen LogP contribution in [-0.4, -0.2) is 0 Å². The standard InChI is InChI=1S/C10H22.C5H12/c1-5-7-10(8-6-2)9(3)4;1-3-5-4-2/h9-10H,5-8H2,1-4H3;3-5H2,1-2H3. The van der Waals surface area contributed by atoms with Gasteiger partial charge in [-0.1, -0.05) is 86.5 Å². The Kier molecular flexibility index (Phi) is 16.2. The van der Waals surface area contributed by atoms with Crippen LogP contribution in [0.3, 0.4) is 0 Å². The van der Waals surface area contributed by atoms with E-state index in [1.165, 1.54) is 44.9 Å². The van der Waals surface area contributed by atoms with Crippen molar-refractivity contribution in [3.63, 3.8) is 0 Å². The highest BCUT2D eigenvalue weighted by Gasteiger charge is 2.09. The van der Waals surface area contributed by atoms with Gasteiger partial charge in [0.2, 0.25) is 0 Å². The van der Waals surface area contributed by atoms with Gasteiger partial charge in [-0.25, -0.2) is 0 Å². The van der Waals surface area contributed by atoms with Crippen LogP contribution in [-0.2, 0) is 0 Å². The molecule has 0 amide bonds. The fourth-order valence-electron chi connectivity index (χ4n) is 1.91. The van der Waals surface area contributed by atoms with Crippen LogP contribution in [0.1, 0.15) is 86.5 Å². The topological polar surface area (TPSA) is 0 Å². The fraction of sp³-hybridized carbons (Fsp3) is 1.00. The summed E-state index contributed by atoms with van der Waals surface area (Å²) >= 11 is 0. The second-order valence-electron chi connectivity index (χ2n) is 4.94. The van der Waals surface area contributed by atoms with Gasteiger partial charge >= 0.3 is 0 Å². The molecule has 0 spiro atoms. The van der Waals surface area contributed by atoms with E-state index in [4.69, 9.17) is 0 Å². The summed E-state index contributed by atoms with van der Waals surface area (Å²) in [5, 5.41) is 0. The van der Waals surface area contributed by atoms with Crippen molar-refractivity contribution in [3.8, 4) is 0 Å². The molecule has 0 saturated heterocycles. The van der Waals surface area contributed by atoms with Gasteiger partial charge in [0.25, 0.3) is 0 Å². The van der Waals surface area contributed by atoms with Crippen molar-refractivity contribution in [2.45, 2.75) is 86.5 Å². The van der Waals surface area contributed by atoms with Gasteiger partial charge in [-0.2, -0.15) is 0 Å². The van der Waals surface area contributed by atoms with Gasteiger partial charge < -0.3 is 0 Å². The molecule has 0 bridgehead atoms. The van der Waals surface area contributed by atoms with Gasteiger partial charge in [-0.3, -0.25) is 0 Å². The summed E-state index contributed by atoms with van der Waals surface area (Å²) in [5.41, 5.74) is 0. The van der Waals surface area contributed by atoms with Crippen LogP contribution < -0.4 is 0 Å². The molecule has 0 aromatic rings. The monoisotopic (exact) mass is 214 g/mol. The zero-order valence-electron chi connectivity index (χ0n) is 12.1. The first kappa shape index (κ1) is 17.4. The van der Waals surface area contributed by atoms with E-state index in [9.17, 15) is 0 Å². The molecule has 15 heavy (non-hydrogen) atoms. The van der Waals surface area contributed by atoms with Gasteiger partial charge in [0, 0.05) is 0 Å². The maximum absolute atomic E-state index is 2.34. The Morgan fingerprint density at radius 3 is 1.20 bits per heavy atom. The molecule has 0 radical (unpaired) electrons. The molecule has 0 aliphatic carbocycles. The van der Waals surface area contributed by atoms with E-state index in [1.807, 2.05) is 0 Å². The van der Waals surface area contributed by atoms with Gasteiger partial charge in [0.1, 0.15) is 0 Å². The number of hydrogen-bond donors (Lipinski definition) is 0. The SMILES string of the molecule is CCCC(CCC)C(C)C.CCCCC. The largest absolute Gasteiger partial charge is 0.0654 e. The van der Waals surface area contributed by atoms with Crippen molar-refractivity contribution in [2.75, 3.05) is 0 Å². The summed E-state index contributed by atoms with van der Waals surface area (Å²) in [6, 6.07) is 0. The average molecular weight is 214 g/mol. The third kappa shape index (κ3) is 14.0. The van der Waals surface area contributed by atoms with Crippen LogP contribution >= 0.6 is 0 Å². The van der Waals surface area contributed by atoms with Gasteiger partial charge in [-0.05, 0) is 11.8 Å². The van der Waals surface area contributed by atoms with E-state index in [0.717, 1.165) is 11.8 Å². The first-order valence-corrected chi connectivity index (χ1v) is 7.13. The third-order valence-corrected chi connectivity index (χ3v) is 2.97. The minimum Gasteiger partial charge on any atom is -0.0654 e. The summed E-state index contributed by atoms with van der Waals surface area (Å²) in [5.74, 6) is 1.87. The molecular weight excluding hydrogens is 180 g/mol. The summed E-state index contributed by atoms with van der Waals surface area (Å²) in [4.78, 5) is 0. The molecule has 0 aliphatic rings. The fourth-order valence-corrected chi connectivity index (χ4v) is 1.91. The second-order valence-corrected chi connectivity index (χ2v) is 4.94. The van der Waals surface area contributed by atoms with E-state index >= 15 is 0 Å². The quantitative estimate of drug-likeness (QED) is 0.483. The van der Waals surface area contributed by atoms with Gasteiger partial charge in [-0.15, -0.1) is 0 Å². The summed E-state index contributed by atoms with van der Waals surface area (Å²) in [6.45, 7) is 13.7. The van der Waals surface area contributed by atoms with Crippen LogP contribution in [0.25, 0.3) is 0 Å². The number of unbranched alkanes of at least 4 members (excludes halogenated alkanes) is 2. The van der Waals surface area contributed by atoms with Crippen LogP contribution in [0.5, 0.6) is 0 Å². The Bertz CT molecular complexity index is 86.2. The molecule has 0 atom stereocenters. The lowest BCUT2D eigenvalue weighted by Gasteiger charge is -2.18. The molecule has 0 heterocycles. The van der Waals surface area contributed by atoms with Crippen molar-refractivity contribution >= 4 is 0 Å². The molecule has 94 valence electrons. The predicted molar refractivity (Wildman–Crippen MR) is 73.3 cm³/mol. The average Bonchev–Trinajstić information content (AvgIpc) is 2.19. The van der Waals surface area contributed by atoms with E-state index < -0.39 is 0 Å². The Hall–Kier alpha value is 0. The summed E-state index contributed by atoms with van der Waals surface area (Å²) < 4.78 is 0. The van der Waals surface area contributed by atoms with Gasteiger partial charge in [0.15, 0.2) is 0 Å². The molecule has 0 aromatic heterocycles. The number of rotatable bonds is 7. The molecular formula is C15H34. The van der Waals surface area contributed by atoms with E-state index in [2.05, 4.69) is 41.5 Å². The Morgan fingerprint density at radius 2 is 1.07 bits per heavy atom. The van der Waals surface area contributed by atoms with Crippen molar-refractivity contribution < 1.29 is 0 Å². The molecule has 0 N–H and O–H groups in total. The zero-order chi connectivity index (χ0) is 12.1. The highest BCUT2D eigenvalue weighted by molar-refractivity contribution is 4.61. The lowest BCUT2D eigenvalue weighted by molar-refractivity contribution is 0.331. The zero-order valence-corrected chi connectivity index (χ0v) is 12.1. The van der Waals surface area contributed by atoms with Gasteiger partial charge in [0.05, 0.1) is 0 Å². The molecule has 0 fully saturated rings. The van der Waals surface area contributed by atoms with E-state index in [-0.39, 0.29) is 0 Å². The van der Waals surface area contributed by atoms with Crippen LogP contribution in [0.15, 0.2) is 0 Å². The van der Waals surface area contributed by atoms with E-state index in [1.54, 1.807) is 0 Å². The van der Waals surface area contributed by atoms with Crippen molar-refractivity contribution in [2.24, 2.45) is 11.8 Å². The van der Waals surface area contributed by atoms with Crippen molar-refractivity contribution in [1.29, 1.82) is 0 Å². The second kappa shape index (κ2) is 14.0. The lowest BCUT2D eigenvalue weighted by Crippen LogP contribution is -2.07. The lowest BCUT2D eigenvalue weighted by atomic mass is 9.88. The van der Waals surface area contributed by atoms with Crippen LogP contribution in [0.2, 0.25) is 0 Å². The highest BCUT2D eigenvalue weighted by atomic mass is 14.2. The summed E-state index contributed by atoms with van der Waals surface area (Å²) in [7, 11) is 0. The third-order valence-electron chi connectivity index (χ3n) is 2.97. The summed E-state index contributed by atoms with van der Waals surface area (Å²) in [6.07, 6.45) is 9.62. The minimum absolute atomic E-state index is 0.889. The molecule has 0 aromatic carbocycles. The maximum Gasteiger partial charge on any atom is -0.0391 e. The molecule has 0 heteroatoms. The smallest absolute Gasteiger partial charge is 0.0391 e. The molecule has 0 saturated carbocycles. The van der Waals surface area contributed by atoms with Crippen LogP contribution in [0, 0.1) is 11.8 Å². The van der Waals surface area contributed by atoms with Crippen LogP contribution in [0.4, 0.5) is 0 Å². The van der Waals surface area contributed by atoms with E-state index in [0.29, 0.717) is 0 Å². The molecule has 0 rings (SSSR count). The first-order chi connectivity index (χ1) is 7.13. The van der Waals surface area contributed by atoms with Crippen molar-refractivity contribution in [1.82, 2.24) is 0 Å². The predicted octanol–water partition coefficient (Wildman–Crippen LogP) is 6.06. The number of hydrogen-bond acceptors (Lipinski definition) is 0. The Labute approximate surface area is 98.9 Å². The molecule has 0 nitrogen and oxygen atoms in total. The molecule has 0 unspecified atom stereocenters. The van der Waals surface area contributed by atoms with Crippen molar-refractivity contribution in [3.05, 3.63) is 0 Å². The maximum atomic E-state index is 2.34. The Balaban J connectivity index is 0. The molecule has 0 aliphatic heterocycles. The minimum atomic E-state index is 0.889. The first-order valence-electron chi connectivity index (χ1n) is 7.13. The Morgan fingerprint density at radius 1 is 0.667 bits per heavy atom.